The van der Waals surface area contributed by atoms with Crippen molar-refractivity contribution < 1.29 is 13.9 Å². The zero-order valence-corrected chi connectivity index (χ0v) is 8.60. The summed E-state index contributed by atoms with van der Waals surface area (Å²) in [5, 5.41) is 0. The van der Waals surface area contributed by atoms with Crippen LogP contribution in [0.15, 0.2) is 16.6 Å². The Morgan fingerprint density at radius 2 is 2.31 bits per heavy atom. The van der Waals surface area contributed by atoms with Crippen LogP contribution in [0.1, 0.15) is 5.56 Å². The Morgan fingerprint density at radius 1 is 1.62 bits per heavy atom. The largest absolute Gasteiger partial charge is 0.493 e. The minimum absolute atomic E-state index is 0.126. The molecule has 13 heavy (non-hydrogen) atoms. The molecule has 1 aromatic carbocycles. The van der Waals surface area contributed by atoms with E-state index in [9.17, 15) is 9.18 Å². The van der Waals surface area contributed by atoms with Crippen molar-refractivity contribution in [1.82, 2.24) is 0 Å². The SMILES string of the molecule is COc1c(F)ccc(Br)c1CC=O. The van der Waals surface area contributed by atoms with Crippen LogP contribution in [0.25, 0.3) is 0 Å². The molecule has 0 aromatic heterocycles. The maximum absolute atomic E-state index is 13.1. The van der Waals surface area contributed by atoms with E-state index in [1.54, 1.807) is 6.07 Å². The predicted octanol–water partition coefficient (Wildman–Crippen LogP) is 2.34. The van der Waals surface area contributed by atoms with Gasteiger partial charge in [0.05, 0.1) is 7.11 Å². The first-order valence-corrected chi connectivity index (χ1v) is 4.44. The molecule has 0 fully saturated rings. The molecule has 2 nitrogen and oxygen atoms in total. The van der Waals surface area contributed by atoms with E-state index in [0.717, 1.165) is 0 Å². The van der Waals surface area contributed by atoms with Crippen molar-refractivity contribution in [2.24, 2.45) is 0 Å². The lowest BCUT2D eigenvalue weighted by atomic mass is 10.1. The first-order valence-electron chi connectivity index (χ1n) is 3.65. The number of rotatable bonds is 3. The van der Waals surface area contributed by atoms with Gasteiger partial charge in [-0.15, -0.1) is 0 Å². The van der Waals surface area contributed by atoms with Crippen molar-refractivity contribution in [3.05, 3.63) is 28.0 Å². The van der Waals surface area contributed by atoms with E-state index in [4.69, 9.17) is 4.74 Å². The highest BCUT2D eigenvalue weighted by molar-refractivity contribution is 9.10. The van der Waals surface area contributed by atoms with Crippen molar-refractivity contribution in [2.75, 3.05) is 7.11 Å². The van der Waals surface area contributed by atoms with Gasteiger partial charge in [-0.05, 0) is 12.1 Å². The predicted molar refractivity (Wildman–Crippen MR) is 50.4 cm³/mol. The zero-order valence-electron chi connectivity index (χ0n) is 7.01. The summed E-state index contributed by atoms with van der Waals surface area (Å²) < 4.78 is 18.6. The van der Waals surface area contributed by atoms with E-state index in [1.165, 1.54) is 13.2 Å². The third kappa shape index (κ3) is 2.06. The van der Waals surface area contributed by atoms with E-state index < -0.39 is 5.82 Å². The smallest absolute Gasteiger partial charge is 0.165 e. The van der Waals surface area contributed by atoms with Gasteiger partial charge in [-0.2, -0.15) is 0 Å². The second kappa shape index (κ2) is 4.37. The standard InChI is InChI=1S/C9H8BrFO2/c1-13-9-6(4-5-12)7(10)2-3-8(9)11/h2-3,5H,4H2,1H3. The Hall–Kier alpha value is -0.900. The number of aldehydes is 1. The van der Waals surface area contributed by atoms with Crippen molar-refractivity contribution >= 4 is 22.2 Å². The molecule has 0 N–H and O–H groups in total. The van der Waals surface area contributed by atoms with Gasteiger partial charge in [0.15, 0.2) is 11.6 Å². The van der Waals surface area contributed by atoms with E-state index in [1.807, 2.05) is 0 Å². The number of halogens is 2. The Balaban J connectivity index is 3.25. The van der Waals surface area contributed by atoms with Gasteiger partial charge in [0.2, 0.25) is 0 Å². The number of methoxy groups -OCH3 is 1. The van der Waals surface area contributed by atoms with E-state index >= 15 is 0 Å². The number of carbonyl (C=O) groups is 1. The molecule has 70 valence electrons. The van der Waals surface area contributed by atoms with Gasteiger partial charge in [-0.25, -0.2) is 4.39 Å². The molecule has 0 saturated heterocycles. The summed E-state index contributed by atoms with van der Waals surface area (Å²) in [5.74, 6) is -0.330. The van der Waals surface area contributed by atoms with Crippen LogP contribution < -0.4 is 4.74 Å². The normalized spacial score (nSPS) is 9.77. The minimum Gasteiger partial charge on any atom is -0.493 e. The molecular formula is C9H8BrFO2. The summed E-state index contributed by atoms with van der Waals surface area (Å²) in [7, 11) is 1.37. The van der Waals surface area contributed by atoms with Gasteiger partial charge in [-0.3, -0.25) is 0 Å². The fourth-order valence-corrected chi connectivity index (χ4v) is 1.54. The molecule has 1 rings (SSSR count). The highest BCUT2D eigenvalue weighted by Gasteiger charge is 2.11. The molecule has 0 amide bonds. The van der Waals surface area contributed by atoms with Gasteiger partial charge >= 0.3 is 0 Å². The van der Waals surface area contributed by atoms with E-state index in [2.05, 4.69) is 15.9 Å². The molecule has 4 heteroatoms. The van der Waals surface area contributed by atoms with Crippen molar-refractivity contribution in [1.29, 1.82) is 0 Å². The lowest BCUT2D eigenvalue weighted by Crippen LogP contribution is -1.97. The Labute approximate surface area is 83.8 Å². The number of hydrogen-bond acceptors (Lipinski definition) is 2. The minimum atomic E-state index is -0.456. The monoisotopic (exact) mass is 246 g/mol. The maximum Gasteiger partial charge on any atom is 0.165 e. The quantitative estimate of drug-likeness (QED) is 0.766. The fraction of sp³-hybridized carbons (Fsp3) is 0.222. The third-order valence-electron chi connectivity index (χ3n) is 1.65. The van der Waals surface area contributed by atoms with Crippen LogP contribution in [0, 0.1) is 5.82 Å². The van der Waals surface area contributed by atoms with Gasteiger partial charge in [0.1, 0.15) is 6.29 Å². The van der Waals surface area contributed by atoms with Gasteiger partial charge < -0.3 is 9.53 Å². The van der Waals surface area contributed by atoms with Crippen LogP contribution in [0.4, 0.5) is 4.39 Å². The molecule has 0 atom stereocenters. The molecule has 0 spiro atoms. The molecule has 1 aromatic rings. The second-order valence-corrected chi connectivity index (χ2v) is 3.27. The molecule has 0 unspecified atom stereocenters. The number of benzene rings is 1. The van der Waals surface area contributed by atoms with Gasteiger partial charge in [0.25, 0.3) is 0 Å². The third-order valence-corrected chi connectivity index (χ3v) is 2.39. The molecule has 0 radical (unpaired) electrons. The maximum atomic E-state index is 13.1. The molecule has 0 aliphatic rings. The molecule has 0 bridgehead atoms. The van der Waals surface area contributed by atoms with Gasteiger partial charge in [-0.1, -0.05) is 15.9 Å². The average molecular weight is 247 g/mol. The van der Waals surface area contributed by atoms with Crippen LogP contribution in [-0.4, -0.2) is 13.4 Å². The fourth-order valence-electron chi connectivity index (χ4n) is 1.07. The van der Waals surface area contributed by atoms with Crippen LogP contribution in [0.5, 0.6) is 5.75 Å². The summed E-state index contributed by atoms with van der Waals surface area (Å²) in [5.41, 5.74) is 0.539. The van der Waals surface area contributed by atoms with Crippen molar-refractivity contribution in [3.63, 3.8) is 0 Å². The molecular weight excluding hydrogens is 239 g/mol. The Bertz CT molecular complexity index is 326. The number of ether oxygens (including phenoxy) is 1. The molecule has 0 aliphatic carbocycles. The van der Waals surface area contributed by atoms with Crippen LogP contribution >= 0.6 is 15.9 Å². The molecule has 0 saturated carbocycles. The van der Waals surface area contributed by atoms with Crippen molar-refractivity contribution in [2.45, 2.75) is 6.42 Å². The van der Waals surface area contributed by atoms with Crippen molar-refractivity contribution in [3.8, 4) is 5.75 Å². The molecule has 0 heterocycles. The average Bonchev–Trinajstić information content (AvgIpc) is 2.12. The first kappa shape index (κ1) is 10.2. The highest BCUT2D eigenvalue weighted by Crippen LogP contribution is 2.29. The van der Waals surface area contributed by atoms with E-state index in [-0.39, 0.29) is 12.2 Å². The molecule has 0 aliphatic heterocycles. The highest BCUT2D eigenvalue weighted by atomic mass is 79.9. The summed E-state index contributed by atoms with van der Waals surface area (Å²) in [6.07, 6.45) is 0.851. The lowest BCUT2D eigenvalue weighted by molar-refractivity contribution is -0.107. The van der Waals surface area contributed by atoms with Crippen LogP contribution in [-0.2, 0) is 11.2 Å². The van der Waals surface area contributed by atoms with E-state index in [0.29, 0.717) is 16.3 Å². The number of carbonyl (C=O) groups excluding carboxylic acids is 1. The second-order valence-electron chi connectivity index (χ2n) is 2.41. The van der Waals surface area contributed by atoms with Gasteiger partial charge in [0, 0.05) is 16.5 Å². The zero-order chi connectivity index (χ0) is 9.84. The summed E-state index contributed by atoms with van der Waals surface area (Å²) in [6.45, 7) is 0. The van der Waals surface area contributed by atoms with Crippen LogP contribution in [0.2, 0.25) is 0 Å². The Morgan fingerprint density at radius 3 is 2.85 bits per heavy atom. The summed E-state index contributed by atoms with van der Waals surface area (Å²) >= 11 is 3.22. The lowest BCUT2D eigenvalue weighted by Gasteiger charge is -2.08. The Kier molecular flexibility index (Phi) is 3.42. The first-order chi connectivity index (χ1) is 6.20. The van der Waals surface area contributed by atoms with Crippen LogP contribution in [0.3, 0.4) is 0 Å². The number of hydrogen-bond donors (Lipinski definition) is 0. The summed E-state index contributed by atoms with van der Waals surface area (Å²) in [4.78, 5) is 10.3. The summed E-state index contributed by atoms with van der Waals surface area (Å²) in [6, 6.07) is 2.84. The topological polar surface area (TPSA) is 26.3 Å².